The van der Waals surface area contributed by atoms with Gasteiger partial charge in [-0.25, -0.2) is 4.57 Å². The van der Waals surface area contributed by atoms with E-state index in [2.05, 4.69) is 60.1 Å². The summed E-state index contributed by atoms with van der Waals surface area (Å²) < 4.78 is 32.0. The molecule has 0 aromatic rings. The number of phosphoric acid groups is 1. The predicted molar refractivity (Wildman–Crippen MR) is 173 cm³/mol. The van der Waals surface area contributed by atoms with Crippen molar-refractivity contribution in [1.82, 2.24) is 0 Å². The Morgan fingerprint density at radius 1 is 0.714 bits per heavy atom. The number of phosphoric ester groups is 1. The molecule has 0 rings (SSSR count). The SMILES string of the molecule is CC/C=C\C/C=C\C/C=C\C/C=C\CCCCCCCCCCCCCOCC(COP(=O)(O)OCCN)OC(C)=O. The van der Waals surface area contributed by atoms with Crippen LogP contribution < -0.4 is 5.73 Å². The van der Waals surface area contributed by atoms with Gasteiger partial charge in [0.05, 0.1) is 19.8 Å². The van der Waals surface area contributed by atoms with E-state index in [0.29, 0.717) is 6.61 Å². The molecule has 244 valence electrons. The van der Waals surface area contributed by atoms with Crippen molar-refractivity contribution < 1.29 is 32.8 Å². The normalized spacial score (nSPS) is 14.5. The molecular formula is C33H60NO7P. The molecule has 2 atom stereocenters. The summed E-state index contributed by atoms with van der Waals surface area (Å²) in [6.45, 7) is 3.77. The van der Waals surface area contributed by atoms with Crippen LogP contribution in [-0.2, 0) is 27.9 Å². The fraction of sp³-hybridized carbons (Fsp3) is 0.727. The summed E-state index contributed by atoms with van der Waals surface area (Å²) in [5.74, 6) is -0.510. The molecule has 0 saturated carbocycles. The summed E-state index contributed by atoms with van der Waals surface area (Å²) in [6.07, 6.45) is 36.2. The fourth-order valence-electron chi connectivity index (χ4n) is 4.10. The third kappa shape index (κ3) is 31.4. The molecule has 0 spiro atoms. The van der Waals surface area contributed by atoms with Crippen LogP contribution in [0.25, 0.3) is 0 Å². The lowest BCUT2D eigenvalue weighted by Crippen LogP contribution is -2.27. The highest BCUT2D eigenvalue weighted by atomic mass is 31.2. The van der Waals surface area contributed by atoms with Crippen LogP contribution in [0.5, 0.6) is 0 Å². The zero-order valence-electron chi connectivity index (χ0n) is 26.5. The molecule has 0 aliphatic rings. The molecule has 0 aliphatic heterocycles. The van der Waals surface area contributed by atoms with E-state index >= 15 is 0 Å². The van der Waals surface area contributed by atoms with E-state index in [1.54, 1.807) is 0 Å². The van der Waals surface area contributed by atoms with Gasteiger partial charge in [-0.05, 0) is 44.9 Å². The van der Waals surface area contributed by atoms with Crippen LogP contribution in [0, 0.1) is 0 Å². The predicted octanol–water partition coefficient (Wildman–Crippen LogP) is 8.51. The first-order valence-electron chi connectivity index (χ1n) is 16.1. The summed E-state index contributed by atoms with van der Waals surface area (Å²) in [6, 6.07) is 0. The molecule has 0 saturated heterocycles. The van der Waals surface area contributed by atoms with E-state index in [4.69, 9.17) is 19.7 Å². The standard InChI is InChI=1S/C33H60NO7P/c1-3-4-5-6-7-8-9-10-11-12-13-14-15-16-17-18-19-20-21-22-23-24-25-26-28-38-30-33(41-32(2)35)31-40-42(36,37)39-29-27-34/h4-5,7-8,10-11,13-14,33H,3,6,9,12,15-31,34H2,1-2H3,(H,36,37)/b5-4-,8-7-,11-10-,14-13-. The second-order valence-corrected chi connectivity index (χ2v) is 11.8. The van der Waals surface area contributed by atoms with Gasteiger partial charge < -0.3 is 20.1 Å². The van der Waals surface area contributed by atoms with E-state index in [1.807, 2.05) is 0 Å². The van der Waals surface area contributed by atoms with Crippen LogP contribution in [0.1, 0.15) is 117 Å². The first kappa shape index (κ1) is 40.5. The summed E-state index contributed by atoms with van der Waals surface area (Å²) in [4.78, 5) is 20.8. The minimum atomic E-state index is -4.23. The number of nitrogens with two attached hydrogens (primary N) is 1. The van der Waals surface area contributed by atoms with Gasteiger partial charge >= 0.3 is 13.8 Å². The van der Waals surface area contributed by atoms with Crippen LogP contribution in [0.3, 0.4) is 0 Å². The first-order chi connectivity index (χ1) is 20.4. The fourth-order valence-corrected chi connectivity index (χ4v) is 4.87. The summed E-state index contributed by atoms with van der Waals surface area (Å²) in [7, 11) is -4.23. The first-order valence-corrected chi connectivity index (χ1v) is 17.6. The number of carbonyl (C=O) groups is 1. The number of esters is 1. The van der Waals surface area contributed by atoms with Crippen molar-refractivity contribution in [2.24, 2.45) is 5.73 Å². The minimum absolute atomic E-state index is 0.0958. The van der Waals surface area contributed by atoms with Gasteiger partial charge in [0.1, 0.15) is 6.10 Å². The van der Waals surface area contributed by atoms with Crippen LogP contribution in [0.2, 0.25) is 0 Å². The lowest BCUT2D eigenvalue weighted by Gasteiger charge is -2.19. The average molecular weight is 614 g/mol. The lowest BCUT2D eigenvalue weighted by molar-refractivity contribution is -0.151. The molecule has 2 unspecified atom stereocenters. The summed E-state index contributed by atoms with van der Waals surface area (Å²) >= 11 is 0. The highest BCUT2D eigenvalue weighted by Gasteiger charge is 2.24. The van der Waals surface area contributed by atoms with E-state index in [0.717, 1.165) is 38.5 Å². The van der Waals surface area contributed by atoms with Gasteiger partial charge in [-0.2, -0.15) is 0 Å². The molecule has 0 aromatic carbocycles. The maximum atomic E-state index is 11.7. The number of ether oxygens (including phenoxy) is 2. The monoisotopic (exact) mass is 613 g/mol. The molecule has 3 N–H and O–H groups in total. The Balaban J connectivity index is 3.55. The Morgan fingerprint density at radius 3 is 1.74 bits per heavy atom. The molecule has 0 aromatic heterocycles. The van der Waals surface area contributed by atoms with Crippen molar-refractivity contribution in [3.8, 4) is 0 Å². The molecule has 0 bridgehead atoms. The zero-order valence-corrected chi connectivity index (χ0v) is 27.4. The van der Waals surface area contributed by atoms with E-state index < -0.39 is 19.9 Å². The van der Waals surface area contributed by atoms with Gasteiger partial charge in [-0.3, -0.25) is 13.8 Å². The van der Waals surface area contributed by atoms with Crippen molar-refractivity contribution in [2.45, 2.75) is 123 Å². The Labute approximate surface area is 256 Å². The minimum Gasteiger partial charge on any atom is -0.458 e. The van der Waals surface area contributed by atoms with Gasteiger partial charge in [-0.1, -0.05) is 113 Å². The summed E-state index contributed by atoms with van der Waals surface area (Å²) in [5.41, 5.74) is 5.25. The second kappa shape index (κ2) is 30.9. The third-order valence-electron chi connectivity index (χ3n) is 6.31. The van der Waals surface area contributed by atoms with E-state index in [-0.39, 0.29) is 26.4 Å². The quantitative estimate of drug-likeness (QED) is 0.0358. The highest BCUT2D eigenvalue weighted by Crippen LogP contribution is 2.43. The Morgan fingerprint density at radius 2 is 1.21 bits per heavy atom. The lowest BCUT2D eigenvalue weighted by atomic mass is 10.1. The van der Waals surface area contributed by atoms with Crippen LogP contribution in [-0.4, -0.2) is 49.9 Å². The van der Waals surface area contributed by atoms with Crippen molar-refractivity contribution in [1.29, 1.82) is 0 Å². The topological polar surface area (TPSA) is 117 Å². The Kier molecular flexibility index (Phi) is 29.8. The van der Waals surface area contributed by atoms with E-state index in [9.17, 15) is 14.3 Å². The van der Waals surface area contributed by atoms with Crippen molar-refractivity contribution >= 4 is 13.8 Å². The number of rotatable bonds is 30. The van der Waals surface area contributed by atoms with Crippen molar-refractivity contribution in [3.63, 3.8) is 0 Å². The highest BCUT2D eigenvalue weighted by molar-refractivity contribution is 7.47. The van der Waals surface area contributed by atoms with Gasteiger partial charge in [0, 0.05) is 20.1 Å². The van der Waals surface area contributed by atoms with Crippen molar-refractivity contribution in [2.75, 3.05) is 33.0 Å². The van der Waals surface area contributed by atoms with Crippen molar-refractivity contribution in [3.05, 3.63) is 48.6 Å². The van der Waals surface area contributed by atoms with E-state index in [1.165, 1.54) is 71.1 Å². The Bertz CT molecular complexity index is 782. The Hall–Kier alpha value is -1.54. The smallest absolute Gasteiger partial charge is 0.458 e. The molecule has 9 heteroatoms. The number of hydrogen-bond donors (Lipinski definition) is 2. The van der Waals surface area contributed by atoms with Gasteiger partial charge in [0.25, 0.3) is 0 Å². The number of unbranched alkanes of at least 4 members (excludes halogenated alkanes) is 11. The molecule has 8 nitrogen and oxygen atoms in total. The van der Waals surface area contributed by atoms with Gasteiger partial charge in [-0.15, -0.1) is 0 Å². The van der Waals surface area contributed by atoms with Crippen LogP contribution in [0.15, 0.2) is 48.6 Å². The molecule has 0 heterocycles. The molecule has 0 aliphatic carbocycles. The third-order valence-corrected chi connectivity index (χ3v) is 7.29. The molecule has 42 heavy (non-hydrogen) atoms. The molecular weight excluding hydrogens is 553 g/mol. The maximum absolute atomic E-state index is 11.7. The average Bonchev–Trinajstić information content (AvgIpc) is 2.96. The summed E-state index contributed by atoms with van der Waals surface area (Å²) in [5, 5.41) is 0. The number of allylic oxidation sites excluding steroid dienone is 8. The zero-order chi connectivity index (χ0) is 31.0. The van der Waals surface area contributed by atoms with Gasteiger partial charge in [0.2, 0.25) is 0 Å². The number of hydrogen-bond acceptors (Lipinski definition) is 7. The maximum Gasteiger partial charge on any atom is 0.472 e. The van der Waals surface area contributed by atoms with Gasteiger partial charge in [0.15, 0.2) is 0 Å². The molecule has 0 amide bonds. The second-order valence-electron chi connectivity index (χ2n) is 10.4. The van der Waals surface area contributed by atoms with Crippen LogP contribution >= 0.6 is 7.82 Å². The molecule has 0 fully saturated rings. The number of carbonyl (C=O) groups excluding carboxylic acids is 1. The van der Waals surface area contributed by atoms with Crippen LogP contribution in [0.4, 0.5) is 0 Å². The molecule has 0 radical (unpaired) electrons. The largest absolute Gasteiger partial charge is 0.472 e.